The average Bonchev–Trinajstić information content (AvgIpc) is 2.58. The summed E-state index contributed by atoms with van der Waals surface area (Å²) in [5.41, 5.74) is 3.03. The zero-order chi connectivity index (χ0) is 17.1. The Morgan fingerprint density at radius 2 is 1.83 bits per heavy atom. The molecule has 1 heterocycles. The molecule has 0 aliphatic carbocycles. The van der Waals surface area contributed by atoms with E-state index < -0.39 is 0 Å². The number of hydrogen-bond acceptors (Lipinski definition) is 2. The number of morpholine rings is 1. The summed E-state index contributed by atoms with van der Waals surface area (Å²) in [6, 6.07) is 15.3. The minimum Gasteiger partial charge on any atom is -0.370 e. The Balaban J connectivity index is 1.69. The molecule has 2 amide bonds. The molecule has 126 valence electrons. The van der Waals surface area contributed by atoms with Gasteiger partial charge in [0, 0.05) is 10.7 Å². The average molecular weight is 345 g/mol. The van der Waals surface area contributed by atoms with Crippen LogP contribution in [0.4, 0.5) is 10.5 Å². The molecule has 0 spiro atoms. The topological polar surface area (TPSA) is 41.6 Å². The molecule has 1 saturated heterocycles. The highest BCUT2D eigenvalue weighted by atomic mass is 35.5. The van der Waals surface area contributed by atoms with E-state index >= 15 is 0 Å². The number of halogens is 1. The Hall–Kier alpha value is -2.04. The number of nitrogens with one attached hydrogen (secondary N) is 1. The monoisotopic (exact) mass is 344 g/mol. The molecule has 1 aliphatic heterocycles. The van der Waals surface area contributed by atoms with E-state index in [1.165, 1.54) is 5.56 Å². The highest BCUT2D eigenvalue weighted by Gasteiger charge is 2.30. The minimum atomic E-state index is -0.120. The first-order valence-corrected chi connectivity index (χ1v) is 8.42. The number of urea groups is 1. The van der Waals surface area contributed by atoms with Gasteiger partial charge in [-0.05, 0) is 43.7 Å². The fraction of sp³-hybridized carbons (Fsp3) is 0.316. The first-order valence-electron chi connectivity index (χ1n) is 8.04. The molecular weight excluding hydrogens is 324 g/mol. The minimum absolute atomic E-state index is 0.0269. The van der Waals surface area contributed by atoms with Gasteiger partial charge in [0.15, 0.2) is 0 Å². The van der Waals surface area contributed by atoms with Gasteiger partial charge in [0.1, 0.15) is 6.10 Å². The van der Waals surface area contributed by atoms with E-state index in [0.29, 0.717) is 18.2 Å². The van der Waals surface area contributed by atoms with Gasteiger partial charge in [-0.15, -0.1) is 0 Å². The Bertz CT molecular complexity index is 700. The van der Waals surface area contributed by atoms with Crippen molar-refractivity contribution in [2.24, 2.45) is 0 Å². The third-order valence-corrected chi connectivity index (χ3v) is 4.49. The number of aryl methyl sites for hydroxylation is 1. The van der Waals surface area contributed by atoms with Crippen molar-refractivity contribution in [1.29, 1.82) is 0 Å². The third kappa shape index (κ3) is 3.89. The molecule has 4 nitrogen and oxygen atoms in total. The van der Waals surface area contributed by atoms with Crippen LogP contribution in [0.1, 0.15) is 24.2 Å². The van der Waals surface area contributed by atoms with Crippen molar-refractivity contribution in [3.05, 3.63) is 64.7 Å². The maximum absolute atomic E-state index is 12.6. The van der Waals surface area contributed by atoms with E-state index in [-0.39, 0.29) is 18.2 Å². The molecule has 24 heavy (non-hydrogen) atoms. The van der Waals surface area contributed by atoms with E-state index in [9.17, 15) is 4.79 Å². The van der Waals surface area contributed by atoms with Crippen molar-refractivity contribution < 1.29 is 9.53 Å². The molecule has 5 heteroatoms. The number of hydrogen-bond donors (Lipinski definition) is 1. The molecule has 2 aromatic rings. The van der Waals surface area contributed by atoms with Crippen molar-refractivity contribution in [2.75, 3.05) is 18.5 Å². The smallest absolute Gasteiger partial charge is 0.322 e. The zero-order valence-corrected chi connectivity index (χ0v) is 14.6. The van der Waals surface area contributed by atoms with E-state index in [0.717, 1.165) is 11.3 Å². The van der Waals surface area contributed by atoms with E-state index in [1.807, 2.05) is 11.8 Å². The quantitative estimate of drug-likeness (QED) is 0.862. The number of ether oxygens (including phenoxy) is 1. The summed E-state index contributed by atoms with van der Waals surface area (Å²) in [5.74, 6) is 0. The van der Waals surface area contributed by atoms with Gasteiger partial charge < -0.3 is 15.0 Å². The lowest BCUT2D eigenvalue weighted by Gasteiger charge is -2.38. The number of carbonyl (C=O) groups excluding carboxylic acids is 1. The zero-order valence-electron chi connectivity index (χ0n) is 13.8. The molecule has 0 aromatic heterocycles. The number of amides is 2. The summed E-state index contributed by atoms with van der Waals surface area (Å²) in [7, 11) is 0. The largest absolute Gasteiger partial charge is 0.370 e. The highest BCUT2D eigenvalue weighted by Crippen LogP contribution is 2.26. The number of benzene rings is 2. The van der Waals surface area contributed by atoms with E-state index in [2.05, 4.69) is 36.5 Å². The van der Waals surface area contributed by atoms with E-state index in [4.69, 9.17) is 16.3 Å². The normalized spacial score (nSPS) is 20.7. The van der Waals surface area contributed by atoms with Crippen LogP contribution in [0.3, 0.4) is 0 Å². The molecule has 1 aliphatic rings. The first-order chi connectivity index (χ1) is 11.5. The van der Waals surface area contributed by atoms with Gasteiger partial charge in [0.25, 0.3) is 0 Å². The maximum atomic E-state index is 12.6. The fourth-order valence-electron chi connectivity index (χ4n) is 2.75. The van der Waals surface area contributed by atoms with Gasteiger partial charge in [-0.25, -0.2) is 4.79 Å². The number of carbonyl (C=O) groups is 1. The first kappa shape index (κ1) is 16.8. The second kappa shape index (κ2) is 7.24. The van der Waals surface area contributed by atoms with Gasteiger partial charge >= 0.3 is 6.03 Å². The van der Waals surface area contributed by atoms with Crippen LogP contribution in [0, 0.1) is 6.92 Å². The van der Waals surface area contributed by atoms with Crippen LogP contribution in [-0.4, -0.2) is 30.1 Å². The predicted molar refractivity (Wildman–Crippen MR) is 96.5 cm³/mol. The van der Waals surface area contributed by atoms with Crippen LogP contribution in [-0.2, 0) is 4.74 Å². The van der Waals surface area contributed by atoms with Crippen LogP contribution in [0.2, 0.25) is 5.02 Å². The van der Waals surface area contributed by atoms with Crippen molar-refractivity contribution >= 4 is 23.3 Å². The molecule has 1 N–H and O–H groups in total. The van der Waals surface area contributed by atoms with Crippen LogP contribution >= 0.6 is 11.6 Å². The molecule has 0 bridgehead atoms. The van der Waals surface area contributed by atoms with E-state index in [1.54, 1.807) is 24.3 Å². The number of nitrogens with zero attached hydrogens (tertiary/aromatic N) is 1. The lowest BCUT2D eigenvalue weighted by Crippen LogP contribution is -2.49. The molecule has 2 unspecified atom stereocenters. The summed E-state index contributed by atoms with van der Waals surface area (Å²) < 4.78 is 5.92. The molecule has 0 saturated carbocycles. The van der Waals surface area contributed by atoms with Gasteiger partial charge in [-0.2, -0.15) is 0 Å². The number of anilines is 1. The Morgan fingerprint density at radius 3 is 2.50 bits per heavy atom. The van der Waals surface area contributed by atoms with Crippen molar-refractivity contribution in [2.45, 2.75) is 26.0 Å². The van der Waals surface area contributed by atoms with Gasteiger partial charge in [0.2, 0.25) is 0 Å². The van der Waals surface area contributed by atoms with Crippen molar-refractivity contribution in [3.8, 4) is 0 Å². The van der Waals surface area contributed by atoms with Gasteiger partial charge in [0.05, 0.1) is 19.2 Å². The Labute approximate surface area is 147 Å². The van der Waals surface area contributed by atoms with Crippen LogP contribution in [0.25, 0.3) is 0 Å². The molecule has 1 fully saturated rings. The second-order valence-corrected chi connectivity index (χ2v) is 6.61. The predicted octanol–water partition coefficient (Wildman–Crippen LogP) is 4.64. The molecule has 3 rings (SSSR count). The molecule has 0 radical (unpaired) electrons. The highest BCUT2D eigenvalue weighted by molar-refractivity contribution is 6.30. The Morgan fingerprint density at radius 1 is 1.17 bits per heavy atom. The van der Waals surface area contributed by atoms with Crippen molar-refractivity contribution in [3.63, 3.8) is 0 Å². The van der Waals surface area contributed by atoms with Crippen LogP contribution < -0.4 is 5.32 Å². The summed E-state index contributed by atoms with van der Waals surface area (Å²) >= 11 is 5.88. The lowest BCUT2D eigenvalue weighted by molar-refractivity contribution is -0.0407. The summed E-state index contributed by atoms with van der Waals surface area (Å²) in [6.07, 6.45) is -0.0993. The summed E-state index contributed by atoms with van der Waals surface area (Å²) in [6.45, 7) is 5.10. The second-order valence-electron chi connectivity index (χ2n) is 6.17. The van der Waals surface area contributed by atoms with Crippen LogP contribution in [0.5, 0.6) is 0 Å². The standard InChI is InChI=1S/C19H21ClN2O2/c1-13-3-5-15(6-4-13)18-11-22(14(2)12-24-18)19(23)21-17-9-7-16(20)8-10-17/h3-10,14,18H,11-12H2,1-2H3,(H,21,23). The summed E-state index contributed by atoms with van der Waals surface area (Å²) in [4.78, 5) is 14.4. The number of rotatable bonds is 2. The van der Waals surface area contributed by atoms with Gasteiger partial charge in [-0.3, -0.25) is 0 Å². The van der Waals surface area contributed by atoms with Crippen LogP contribution in [0.15, 0.2) is 48.5 Å². The Kier molecular flexibility index (Phi) is 5.07. The molecule has 2 aromatic carbocycles. The van der Waals surface area contributed by atoms with Gasteiger partial charge in [-0.1, -0.05) is 41.4 Å². The maximum Gasteiger partial charge on any atom is 0.322 e. The lowest BCUT2D eigenvalue weighted by atomic mass is 10.0. The summed E-state index contributed by atoms with van der Waals surface area (Å²) in [5, 5.41) is 3.57. The SMILES string of the molecule is Cc1ccc(C2CN(C(=O)Nc3ccc(Cl)cc3)C(C)CO2)cc1. The molecule has 2 atom stereocenters. The molecular formula is C19H21ClN2O2. The fourth-order valence-corrected chi connectivity index (χ4v) is 2.88. The third-order valence-electron chi connectivity index (χ3n) is 4.24. The van der Waals surface area contributed by atoms with Crippen molar-refractivity contribution in [1.82, 2.24) is 4.90 Å².